The fraction of sp³-hybridized carbons (Fsp3) is 0.526. The van der Waals surface area contributed by atoms with Crippen molar-refractivity contribution in [3.63, 3.8) is 0 Å². The Hall–Kier alpha value is -1.95. The Labute approximate surface area is 153 Å². The molecule has 0 aliphatic carbocycles. The molecule has 1 atom stereocenters. The van der Waals surface area contributed by atoms with Gasteiger partial charge in [-0.05, 0) is 30.7 Å². The molecule has 2 aromatic rings. The molecule has 0 bridgehead atoms. The number of hydrogen-bond donors (Lipinski definition) is 1. The van der Waals surface area contributed by atoms with E-state index in [1.54, 1.807) is 0 Å². The van der Waals surface area contributed by atoms with Crippen LogP contribution >= 0.6 is 11.5 Å². The molecular formula is C19H26N4OS. The molecule has 3 rings (SSSR count). The second-order valence-electron chi connectivity index (χ2n) is 6.98. The van der Waals surface area contributed by atoms with Gasteiger partial charge in [0, 0.05) is 31.0 Å². The summed E-state index contributed by atoms with van der Waals surface area (Å²) in [6.45, 7) is 5.96. The maximum Gasteiger partial charge on any atom is 0.242 e. The number of anilines is 1. The minimum Gasteiger partial charge on any atom is -0.354 e. The quantitative estimate of drug-likeness (QED) is 0.825. The van der Waals surface area contributed by atoms with Gasteiger partial charge in [0.25, 0.3) is 0 Å². The van der Waals surface area contributed by atoms with Gasteiger partial charge in [-0.3, -0.25) is 4.79 Å². The predicted molar refractivity (Wildman–Crippen MR) is 102 cm³/mol. The summed E-state index contributed by atoms with van der Waals surface area (Å²) in [7, 11) is 0. The van der Waals surface area contributed by atoms with Crippen LogP contribution in [0.1, 0.15) is 44.5 Å². The summed E-state index contributed by atoms with van der Waals surface area (Å²) < 4.78 is 4.49. The SMILES string of the molecule is CC(C)CCNC(=O)[C@H]1CCCN1c1nc(Cc2ccccc2)ns1. The lowest BCUT2D eigenvalue weighted by atomic mass is 10.1. The summed E-state index contributed by atoms with van der Waals surface area (Å²) >= 11 is 1.40. The predicted octanol–water partition coefficient (Wildman–Crippen LogP) is 3.26. The maximum absolute atomic E-state index is 12.5. The van der Waals surface area contributed by atoms with Crippen molar-refractivity contribution in [3.05, 3.63) is 41.7 Å². The van der Waals surface area contributed by atoms with Crippen LogP contribution in [0.25, 0.3) is 0 Å². The molecule has 1 N–H and O–H groups in total. The Morgan fingerprint density at radius 1 is 1.36 bits per heavy atom. The first kappa shape index (κ1) is 17.9. The molecule has 25 heavy (non-hydrogen) atoms. The highest BCUT2D eigenvalue weighted by Gasteiger charge is 2.32. The van der Waals surface area contributed by atoms with Crippen molar-refractivity contribution in [2.45, 2.75) is 45.6 Å². The Bertz CT molecular complexity index is 686. The standard InChI is InChI=1S/C19H26N4OS/c1-14(2)10-11-20-18(24)16-9-6-12-23(16)19-21-17(22-25-19)13-15-7-4-3-5-8-15/h3-5,7-8,14,16H,6,9-13H2,1-2H3,(H,20,24)/t16-/m1/s1. The Morgan fingerprint density at radius 2 is 2.16 bits per heavy atom. The van der Waals surface area contributed by atoms with Crippen molar-refractivity contribution < 1.29 is 4.79 Å². The number of carbonyl (C=O) groups excluding carboxylic acids is 1. The van der Waals surface area contributed by atoms with Crippen LogP contribution in [0, 0.1) is 5.92 Å². The Morgan fingerprint density at radius 3 is 2.92 bits per heavy atom. The third-order valence-electron chi connectivity index (χ3n) is 4.48. The second kappa shape index (κ2) is 8.43. The zero-order valence-corrected chi connectivity index (χ0v) is 15.8. The van der Waals surface area contributed by atoms with Crippen molar-refractivity contribution >= 4 is 22.6 Å². The van der Waals surface area contributed by atoms with Gasteiger partial charge in [-0.2, -0.15) is 4.37 Å². The molecule has 1 saturated heterocycles. The highest BCUT2D eigenvalue weighted by molar-refractivity contribution is 7.09. The first-order valence-corrected chi connectivity index (χ1v) is 9.81. The van der Waals surface area contributed by atoms with Crippen LogP contribution in [0.4, 0.5) is 5.13 Å². The van der Waals surface area contributed by atoms with Crippen LogP contribution in [-0.2, 0) is 11.2 Å². The summed E-state index contributed by atoms with van der Waals surface area (Å²) in [5.41, 5.74) is 1.20. The van der Waals surface area contributed by atoms with E-state index < -0.39 is 0 Å². The van der Waals surface area contributed by atoms with E-state index in [9.17, 15) is 4.79 Å². The molecule has 0 radical (unpaired) electrons. The average molecular weight is 359 g/mol. The van der Waals surface area contributed by atoms with E-state index in [0.29, 0.717) is 5.92 Å². The molecule has 5 nitrogen and oxygen atoms in total. The number of hydrogen-bond acceptors (Lipinski definition) is 5. The van der Waals surface area contributed by atoms with Crippen molar-refractivity contribution in [1.29, 1.82) is 0 Å². The number of carbonyl (C=O) groups is 1. The number of nitrogens with zero attached hydrogens (tertiary/aromatic N) is 3. The van der Waals surface area contributed by atoms with Crippen LogP contribution in [0.3, 0.4) is 0 Å². The molecule has 134 valence electrons. The zero-order chi connectivity index (χ0) is 17.6. The summed E-state index contributed by atoms with van der Waals surface area (Å²) in [5, 5.41) is 3.95. The zero-order valence-electron chi connectivity index (χ0n) is 14.9. The molecular weight excluding hydrogens is 332 g/mol. The highest BCUT2D eigenvalue weighted by atomic mass is 32.1. The normalized spacial score (nSPS) is 17.2. The van der Waals surface area contributed by atoms with Crippen LogP contribution in [-0.4, -0.2) is 34.4 Å². The molecule has 1 fully saturated rings. The highest BCUT2D eigenvalue weighted by Crippen LogP contribution is 2.27. The van der Waals surface area contributed by atoms with E-state index >= 15 is 0 Å². The Kier molecular flexibility index (Phi) is 6.02. The van der Waals surface area contributed by atoms with Crippen LogP contribution in [0.2, 0.25) is 0 Å². The molecule has 1 aliphatic rings. The minimum atomic E-state index is -0.107. The first-order valence-electron chi connectivity index (χ1n) is 9.04. The molecule has 1 aliphatic heterocycles. The van der Waals surface area contributed by atoms with Gasteiger partial charge in [0.2, 0.25) is 11.0 Å². The third kappa shape index (κ3) is 4.78. The van der Waals surface area contributed by atoms with Gasteiger partial charge >= 0.3 is 0 Å². The molecule has 2 heterocycles. The second-order valence-corrected chi connectivity index (χ2v) is 7.71. The van der Waals surface area contributed by atoms with Crippen molar-refractivity contribution in [3.8, 4) is 0 Å². The molecule has 1 aromatic carbocycles. The summed E-state index contributed by atoms with van der Waals surface area (Å²) in [5.74, 6) is 1.55. The van der Waals surface area contributed by atoms with Crippen LogP contribution < -0.4 is 10.2 Å². The molecule has 0 spiro atoms. The van der Waals surface area contributed by atoms with Gasteiger partial charge in [-0.1, -0.05) is 44.2 Å². The van der Waals surface area contributed by atoms with E-state index in [1.165, 1.54) is 17.1 Å². The lowest BCUT2D eigenvalue weighted by molar-refractivity contribution is -0.122. The summed E-state index contributed by atoms with van der Waals surface area (Å²) in [6.07, 6.45) is 3.66. The fourth-order valence-electron chi connectivity index (χ4n) is 3.08. The smallest absolute Gasteiger partial charge is 0.242 e. The van der Waals surface area contributed by atoms with E-state index in [-0.39, 0.29) is 11.9 Å². The van der Waals surface area contributed by atoms with Crippen LogP contribution in [0.5, 0.6) is 0 Å². The van der Waals surface area contributed by atoms with E-state index in [1.807, 2.05) is 18.2 Å². The van der Waals surface area contributed by atoms with Gasteiger partial charge in [-0.25, -0.2) is 4.98 Å². The molecule has 1 aromatic heterocycles. The molecule has 0 saturated carbocycles. The maximum atomic E-state index is 12.5. The third-order valence-corrected chi connectivity index (χ3v) is 5.28. The van der Waals surface area contributed by atoms with Gasteiger partial charge in [0.05, 0.1) is 0 Å². The summed E-state index contributed by atoms with van der Waals surface area (Å²) in [6, 6.07) is 10.1. The molecule has 6 heteroatoms. The van der Waals surface area contributed by atoms with Crippen molar-refractivity contribution in [1.82, 2.24) is 14.7 Å². The molecule has 0 unspecified atom stereocenters. The lowest BCUT2D eigenvalue weighted by Crippen LogP contribution is -2.43. The van der Waals surface area contributed by atoms with E-state index in [2.05, 4.69) is 45.6 Å². The van der Waals surface area contributed by atoms with Crippen molar-refractivity contribution in [2.75, 3.05) is 18.0 Å². The summed E-state index contributed by atoms with van der Waals surface area (Å²) in [4.78, 5) is 19.3. The van der Waals surface area contributed by atoms with E-state index in [4.69, 9.17) is 0 Å². The number of rotatable bonds is 7. The topological polar surface area (TPSA) is 58.1 Å². The van der Waals surface area contributed by atoms with Gasteiger partial charge in [0.1, 0.15) is 11.9 Å². The number of aromatic nitrogens is 2. The van der Waals surface area contributed by atoms with Crippen molar-refractivity contribution in [2.24, 2.45) is 5.92 Å². The minimum absolute atomic E-state index is 0.107. The Balaban J connectivity index is 1.61. The number of amides is 1. The molecule has 1 amide bonds. The van der Waals surface area contributed by atoms with E-state index in [0.717, 1.165) is 49.7 Å². The first-order chi connectivity index (χ1) is 12.1. The average Bonchev–Trinajstić information content (AvgIpc) is 3.24. The lowest BCUT2D eigenvalue weighted by Gasteiger charge is -2.22. The fourth-order valence-corrected chi connectivity index (χ4v) is 3.84. The van der Waals surface area contributed by atoms with Gasteiger partial charge in [0.15, 0.2) is 0 Å². The van der Waals surface area contributed by atoms with Gasteiger partial charge < -0.3 is 10.2 Å². The largest absolute Gasteiger partial charge is 0.354 e. The van der Waals surface area contributed by atoms with Gasteiger partial charge in [-0.15, -0.1) is 0 Å². The van der Waals surface area contributed by atoms with Crippen LogP contribution in [0.15, 0.2) is 30.3 Å². The number of benzene rings is 1. The monoisotopic (exact) mass is 358 g/mol. The number of nitrogens with one attached hydrogen (secondary N) is 1.